The molecule has 1 aliphatic heterocycles. The summed E-state index contributed by atoms with van der Waals surface area (Å²) in [6.07, 6.45) is 1.98. The summed E-state index contributed by atoms with van der Waals surface area (Å²) in [5.41, 5.74) is 1.07. The van der Waals surface area contributed by atoms with E-state index in [2.05, 4.69) is 17.5 Å². The van der Waals surface area contributed by atoms with Gasteiger partial charge in [-0.3, -0.25) is 4.90 Å². The molecule has 0 aromatic carbocycles. The molecule has 0 spiro atoms. The highest BCUT2D eigenvalue weighted by atomic mass is 35.5. The minimum absolute atomic E-state index is 0.264. The minimum Gasteiger partial charge on any atom is -0.299 e. The van der Waals surface area contributed by atoms with Gasteiger partial charge in [0.1, 0.15) is 0 Å². The van der Waals surface area contributed by atoms with E-state index in [1.165, 1.54) is 0 Å². The van der Waals surface area contributed by atoms with E-state index in [0.29, 0.717) is 5.88 Å². The van der Waals surface area contributed by atoms with Crippen LogP contribution in [0.25, 0.3) is 0 Å². The lowest BCUT2D eigenvalue weighted by Gasteiger charge is -2.29. The van der Waals surface area contributed by atoms with E-state index in [1.807, 2.05) is 0 Å². The number of piperidine rings is 1. The second-order valence-electron chi connectivity index (χ2n) is 3.56. The highest BCUT2D eigenvalue weighted by Crippen LogP contribution is 2.16. The average Bonchev–Trinajstić information content (AvgIpc) is 2.19. The first-order valence-electron chi connectivity index (χ1n) is 4.61. The highest BCUT2D eigenvalue weighted by Gasteiger charge is 2.18. The topological polar surface area (TPSA) is 27.0 Å². The van der Waals surface area contributed by atoms with Crippen molar-refractivity contribution in [2.75, 3.05) is 25.5 Å². The Bertz CT molecular complexity index is 211. The van der Waals surface area contributed by atoms with Crippen LogP contribution in [0.3, 0.4) is 0 Å². The zero-order valence-electron chi connectivity index (χ0n) is 7.80. The molecule has 13 heavy (non-hydrogen) atoms. The lowest BCUT2D eigenvalue weighted by atomic mass is 9.98. The predicted octanol–water partition coefficient (Wildman–Crippen LogP) is 2.02. The maximum absolute atomic E-state index is 8.70. The molecule has 0 aromatic rings. The van der Waals surface area contributed by atoms with Gasteiger partial charge in [-0.2, -0.15) is 5.26 Å². The standard InChI is InChI=1S/C10H15ClN2/c1-9(6-11)8-13-4-2-10(7-12)3-5-13/h10H,1-6,8H2. The van der Waals surface area contributed by atoms with E-state index >= 15 is 0 Å². The van der Waals surface area contributed by atoms with Gasteiger partial charge in [-0.15, -0.1) is 11.6 Å². The highest BCUT2D eigenvalue weighted by molar-refractivity contribution is 6.19. The van der Waals surface area contributed by atoms with Crippen molar-refractivity contribution in [3.63, 3.8) is 0 Å². The monoisotopic (exact) mass is 198 g/mol. The summed E-state index contributed by atoms with van der Waals surface area (Å²) in [5.74, 6) is 0.804. The zero-order chi connectivity index (χ0) is 9.68. The molecule has 0 N–H and O–H groups in total. The molecule has 3 heteroatoms. The number of alkyl halides is 1. The normalized spacial score (nSPS) is 19.7. The van der Waals surface area contributed by atoms with E-state index in [0.717, 1.165) is 38.0 Å². The minimum atomic E-state index is 0.264. The van der Waals surface area contributed by atoms with Crippen molar-refractivity contribution in [1.29, 1.82) is 5.26 Å². The molecule has 1 rings (SSSR count). The first-order chi connectivity index (χ1) is 6.26. The summed E-state index contributed by atoms with van der Waals surface area (Å²) in [6.45, 7) is 6.77. The van der Waals surface area contributed by atoms with Gasteiger partial charge in [0.15, 0.2) is 0 Å². The molecule has 1 saturated heterocycles. The molecule has 0 aliphatic carbocycles. The van der Waals surface area contributed by atoms with Crippen LogP contribution >= 0.6 is 11.6 Å². The number of likely N-dealkylation sites (tertiary alicyclic amines) is 1. The number of nitriles is 1. The fraction of sp³-hybridized carbons (Fsp3) is 0.700. The van der Waals surface area contributed by atoms with Gasteiger partial charge in [0.05, 0.1) is 6.07 Å². The molecule has 2 nitrogen and oxygen atoms in total. The Kier molecular flexibility index (Phi) is 4.27. The van der Waals surface area contributed by atoms with Gasteiger partial charge < -0.3 is 0 Å². The molecular weight excluding hydrogens is 184 g/mol. The third kappa shape index (κ3) is 3.38. The quantitative estimate of drug-likeness (QED) is 0.513. The molecule has 0 saturated carbocycles. The molecule has 0 unspecified atom stereocenters. The van der Waals surface area contributed by atoms with Crippen LogP contribution in [0.1, 0.15) is 12.8 Å². The lowest BCUT2D eigenvalue weighted by molar-refractivity contribution is 0.221. The van der Waals surface area contributed by atoms with Crippen molar-refractivity contribution in [3.8, 4) is 6.07 Å². The van der Waals surface area contributed by atoms with Crippen LogP contribution in [0.15, 0.2) is 12.2 Å². The van der Waals surface area contributed by atoms with Gasteiger partial charge in [0, 0.05) is 18.3 Å². The van der Waals surface area contributed by atoms with Crippen molar-refractivity contribution in [3.05, 3.63) is 12.2 Å². The second kappa shape index (κ2) is 5.26. The van der Waals surface area contributed by atoms with E-state index < -0.39 is 0 Å². The Hall–Kier alpha value is -0.520. The van der Waals surface area contributed by atoms with Crippen LogP contribution in [0.2, 0.25) is 0 Å². The van der Waals surface area contributed by atoms with Crippen LogP contribution in [0, 0.1) is 17.2 Å². The lowest BCUT2D eigenvalue weighted by Crippen LogP contribution is -2.34. The van der Waals surface area contributed by atoms with Crippen LogP contribution in [-0.4, -0.2) is 30.4 Å². The van der Waals surface area contributed by atoms with Crippen molar-refractivity contribution < 1.29 is 0 Å². The number of halogens is 1. The molecule has 72 valence electrons. The maximum Gasteiger partial charge on any atom is 0.0656 e. The first-order valence-corrected chi connectivity index (χ1v) is 5.14. The zero-order valence-corrected chi connectivity index (χ0v) is 8.56. The number of hydrogen-bond acceptors (Lipinski definition) is 2. The van der Waals surface area contributed by atoms with Gasteiger partial charge >= 0.3 is 0 Å². The predicted molar refractivity (Wildman–Crippen MR) is 54.6 cm³/mol. The molecule has 1 fully saturated rings. The van der Waals surface area contributed by atoms with Crippen LogP contribution in [0.4, 0.5) is 0 Å². The SMILES string of the molecule is C=C(CCl)CN1CCC(C#N)CC1. The molecule has 0 radical (unpaired) electrons. The number of hydrogen-bond donors (Lipinski definition) is 0. The Labute approximate surface area is 84.8 Å². The molecule has 0 bridgehead atoms. The van der Waals surface area contributed by atoms with Crippen molar-refractivity contribution in [1.82, 2.24) is 4.90 Å². The van der Waals surface area contributed by atoms with Crippen molar-refractivity contribution in [2.24, 2.45) is 5.92 Å². The van der Waals surface area contributed by atoms with Gasteiger partial charge in [0.25, 0.3) is 0 Å². The van der Waals surface area contributed by atoms with E-state index in [4.69, 9.17) is 16.9 Å². The molecule has 0 amide bonds. The molecule has 1 aliphatic rings. The smallest absolute Gasteiger partial charge is 0.0656 e. The van der Waals surface area contributed by atoms with Gasteiger partial charge in [-0.1, -0.05) is 6.58 Å². The van der Waals surface area contributed by atoms with Crippen molar-refractivity contribution >= 4 is 11.6 Å². The van der Waals surface area contributed by atoms with Crippen LogP contribution in [-0.2, 0) is 0 Å². The average molecular weight is 199 g/mol. The molecule has 0 atom stereocenters. The van der Waals surface area contributed by atoms with Gasteiger partial charge in [-0.25, -0.2) is 0 Å². The van der Waals surface area contributed by atoms with Crippen LogP contribution < -0.4 is 0 Å². The Balaban J connectivity index is 2.26. The third-order valence-electron chi connectivity index (χ3n) is 2.41. The van der Waals surface area contributed by atoms with E-state index in [1.54, 1.807) is 0 Å². The largest absolute Gasteiger partial charge is 0.299 e. The van der Waals surface area contributed by atoms with Crippen LogP contribution in [0.5, 0.6) is 0 Å². The summed E-state index contributed by atoms with van der Waals surface area (Å²) in [7, 11) is 0. The van der Waals surface area contributed by atoms with Gasteiger partial charge in [0.2, 0.25) is 0 Å². The molecule has 0 aromatic heterocycles. The summed E-state index contributed by atoms with van der Waals surface area (Å²) < 4.78 is 0. The van der Waals surface area contributed by atoms with Gasteiger partial charge in [-0.05, 0) is 31.5 Å². The van der Waals surface area contributed by atoms with E-state index in [9.17, 15) is 0 Å². The molecule has 1 heterocycles. The summed E-state index contributed by atoms with van der Waals surface area (Å²) in [5, 5.41) is 8.70. The number of rotatable bonds is 3. The van der Waals surface area contributed by atoms with E-state index in [-0.39, 0.29) is 5.92 Å². The summed E-state index contributed by atoms with van der Waals surface area (Å²) >= 11 is 5.65. The first kappa shape index (κ1) is 10.6. The molecular formula is C10H15ClN2. The summed E-state index contributed by atoms with van der Waals surface area (Å²) in [6, 6.07) is 2.32. The number of nitrogens with zero attached hydrogens (tertiary/aromatic N) is 2. The summed E-state index contributed by atoms with van der Waals surface area (Å²) in [4.78, 5) is 2.32. The fourth-order valence-corrected chi connectivity index (χ4v) is 1.66. The van der Waals surface area contributed by atoms with Crippen molar-refractivity contribution in [2.45, 2.75) is 12.8 Å². The Morgan fingerprint density at radius 1 is 1.54 bits per heavy atom. The third-order valence-corrected chi connectivity index (χ3v) is 2.78. The maximum atomic E-state index is 8.70. The Morgan fingerprint density at radius 2 is 2.15 bits per heavy atom. The second-order valence-corrected chi connectivity index (χ2v) is 3.83. The Morgan fingerprint density at radius 3 is 2.62 bits per heavy atom. The fourth-order valence-electron chi connectivity index (χ4n) is 1.58.